The van der Waals surface area contributed by atoms with Crippen LogP contribution in [0.1, 0.15) is 373 Å². The van der Waals surface area contributed by atoms with E-state index in [1.807, 2.05) is 0 Å². The maximum Gasteiger partial charge on any atom is 0.472 e. The number of nitrogens with two attached hydrogens (primary N) is 1. The van der Waals surface area contributed by atoms with Crippen molar-refractivity contribution >= 4 is 19.8 Å². The van der Waals surface area contributed by atoms with E-state index in [0.717, 1.165) is 96.3 Å². The zero-order valence-corrected chi connectivity index (χ0v) is 62.8. The zero-order valence-electron chi connectivity index (χ0n) is 61.9. The fraction of sp³-hybridized carbons (Fsp3) is 0.741. The lowest BCUT2D eigenvalue weighted by atomic mass is 10.0. The molecule has 3 N–H and O–H groups in total. The van der Waals surface area contributed by atoms with Crippen LogP contribution in [0.2, 0.25) is 0 Å². The van der Waals surface area contributed by atoms with Crippen LogP contribution < -0.4 is 5.73 Å². The third-order valence-electron chi connectivity index (χ3n) is 17.4. The number of unbranched alkanes of at least 4 members (excludes halogenated alkanes) is 42. The number of carbonyl (C=O) groups excluding carboxylic acids is 2. The monoisotopic (exact) mass is 1340 g/mol. The summed E-state index contributed by atoms with van der Waals surface area (Å²) in [7, 11) is -4.42. The van der Waals surface area contributed by atoms with Gasteiger partial charge in [0.2, 0.25) is 0 Å². The molecule has 9 nitrogen and oxygen atoms in total. The van der Waals surface area contributed by atoms with E-state index in [1.54, 1.807) is 0 Å². The lowest BCUT2D eigenvalue weighted by molar-refractivity contribution is -0.161. The molecule has 0 heterocycles. The minimum absolute atomic E-state index is 0.0412. The summed E-state index contributed by atoms with van der Waals surface area (Å²) in [5, 5.41) is 0. The molecule has 0 bridgehead atoms. The highest BCUT2D eigenvalue weighted by molar-refractivity contribution is 7.47. The molecule has 0 aliphatic rings. The van der Waals surface area contributed by atoms with Crippen molar-refractivity contribution in [3.63, 3.8) is 0 Å². The first-order chi connectivity index (χ1) is 46.8. The van der Waals surface area contributed by atoms with Crippen LogP contribution in [0.25, 0.3) is 0 Å². The van der Waals surface area contributed by atoms with Crippen LogP contribution in [0.5, 0.6) is 0 Å². The van der Waals surface area contributed by atoms with E-state index in [1.165, 1.54) is 244 Å². The highest BCUT2D eigenvalue weighted by atomic mass is 31.2. The Morgan fingerprint density at radius 3 is 0.863 bits per heavy atom. The Labute approximate surface area is 587 Å². The van der Waals surface area contributed by atoms with Crippen LogP contribution in [0.15, 0.2) is 122 Å². The van der Waals surface area contributed by atoms with Crippen LogP contribution in [0.3, 0.4) is 0 Å². The molecule has 2 unspecified atom stereocenters. The summed E-state index contributed by atoms with van der Waals surface area (Å²) in [5.74, 6) is -0.873. The molecule has 0 amide bonds. The van der Waals surface area contributed by atoms with Gasteiger partial charge in [-0.1, -0.05) is 392 Å². The van der Waals surface area contributed by atoms with Crippen molar-refractivity contribution in [2.75, 3.05) is 26.4 Å². The molecule has 0 saturated heterocycles. The van der Waals surface area contributed by atoms with E-state index in [-0.39, 0.29) is 38.6 Å². The van der Waals surface area contributed by atoms with E-state index in [4.69, 9.17) is 24.3 Å². The quantitative estimate of drug-likeness (QED) is 0.0264. The molecule has 0 radical (unpaired) electrons. The van der Waals surface area contributed by atoms with Crippen molar-refractivity contribution in [2.45, 2.75) is 380 Å². The Morgan fingerprint density at radius 2 is 0.579 bits per heavy atom. The highest BCUT2D eigenvalue weighted by Gasteiger charge is 2.26. The second kappa shape index (κ2) is 79.4. The van der Waals surface area contributed by atoms with Gasteiger partial charge in [-0.2, -0.15) is 0 Å². The Hall–Kier alpha value is -3.59. The maximum absolute atomic E-state index is 12.8. The predicted octanol–water partition coefficient (Wildman–Crippen LogP) is 27.0. The van der Waals surface area contributed by atoms with Gasteiger partial charge in [-0.05, 0) is 89.9 Å². The lowest BCUT2D eigenvalue weighted by Gasteiger charge is -2.19. The molecule has 95 heavy (non-hydrogen) atoms. The Kier molecular flexibility index (Phi) is 76.4. The van der Waals surface area contributed by atoms with Crippen molar-refractivity contribution < 1.29 is 37.6 Å². The largest absolute Gasteiger partial charge is 0.472 e. The van der Waals surface area contributed by atoms with Gasteiger partial charge in [0.05, 0.1) is 13.2 Å². The van der Waals surface area contributed by atoms with Gasteiger partial charge in [-0.25, -0.2) is 4.57 Å². The Balaban J connectivity index is 3.86. The molecule has 0 spiro atoms. The molecule has 0 rings (SSSR count). The number of esters is 2. The molecule has 2 atom stereocenters. The van der Waals surface area contributed by atoms with Crippen molar-refractivity contribution in [3.8, 4) is 0 Å². The van der Waals surface area contributed by atoms with Crippen LogP contribution >= 0.6 is 7.82 Å². The minimum Gasteiger partial charge on any atom is -0.462 e. The first-order valence-corrected chi connectivity index (χ1v) is 41.5. The lowest BCUT2D eigenvalue weighted by Crippen LogP contribution is -2.29. The third kappa shape index (κ3) is 79.3. The van der Waals surface area contributed by atoms with E-state index in [9.17, 15) is 19.0 Å². The molecule has 548 valence electrons. The van der Waals surface area contributed by atoms with Crippen molar-refractivity contribution in [2.24, 2.45) is 5.73 Å². The van der Waals surface area contributed by atoms with E-state index in [2.05, 4.69) is 135 Å². The van der Waals surface area contributed by atoms with Gasteiger partial charge in [-0.15, -0.1) is 0 Å². The summed E-state index contributed by atoms with van der Waals surface area (Å²) in [6.07, 6.45) is 112. The number of phosphoric ester groups is 1. The predicted molar refractivity (Wildman–Crippen MR) is 413 cm³/mol. The molecule has 10 heteroatoms. The molecule has 0 aromatic rings. The number of allylic oxidation sites excluding steroid dienone is 20. The van der Waals surface area contributed by atoms with Crippen LogP contribution in [-0.2, 0) is 32.7 Å². The van der Waals surface area contributed by atoms with E-state index >= 15 is 0 Å². The summed E-state index contributed by atoms with van der Waals surface area (Å²) in [6.45, 7) is 3.62. The maximum atomic E-state index is 12.8. The van der Waals surface area contributed by atoms with Crippen molar-refractivity contribution in [1.29, 1.82) is 0 Å². The summed E-state index contributed by atoms with van der Waals surface area (Å²) in [4.78, 5) is 35.4. The highest BCUT2D eigenvalue weighted by Crippen LogP contribution is 2.43. The average molecular weight is 1350 g/mol. The summed E-state index contributed by atoms with van der Waals surface area (Å²) >= 11 is 0. The first kappa shape index (κ1) is 91.4. The first-order valence-electron chi connectivity index (χ1n) is 40.0. The number of carbonyl (C=O) groups is 2. The fourth-order valence-corrected chi connectivity index (χ4v) is 12.3. The number of rotatable bonds is 75. The molecule has 0 aliphatic carbocycles. The number of hydrogen-bond acceptors (Lipinski definition) is 8. The average Bonchev–Trinajstić information content (AvgIpc) is 3.25. The SMILES string of the molecule is CC/C=C\C/C=C\C/C=C\C/C=C\C/C=C\C/C=C\C/C=C\C/C=C\C/C=C\C/C=C\CCCCC(=O)OC(COC(=O)CCCCCCCCCCCCCCCCCCCCCCCCCCCCCCCCCCCCCCCCCCC)COP(=O)(O)OCCN. The van der Waals surface area contributed by atoms with E-state index in [0.29, 0.717) is 6.42 Å². The van der Waals surface area contributed by atoms with E-state index < -0.39 is 26.5 Å². The second-order valence-corrected chi connectivity index (χ2v) is 28.0. The molecular formula is C85H150NO8P. The standard InChI is InChI=1S/C85H150NO8P/c1-3-5-7-9-11-13-15-17-19-21-23-25-27-29-31-33-35-37-38-39-40-41-42-43-44-46-47-49-51-53-55-57-59-61-63-65-67-69-71-73-75-77-84(87)91-81-83(82-93-95(89,90)92-80-79-86)94-85(88)78-76-74-72-70-68-66-64-62-60-58-56-54-52-50-48-45-36-34-32-30-28-26-24-22-20-18-16-14-12-10-8-6-4-2/h6,8,12,14,18,20,24,26,30,32,36,45,50,52,56,58,62,64,68,70,83H,3-5,7,9-11,13,15-17,19,21-23,25,27-29,31,33-35,37-44,46-49,51,53-55,57,59-61,63,65-67,69,71-82,86H2,1-2H3,(H,89,90)/b8-6-,14-12-,20-18-,26-24-,32-30-,45-36-,52-50-,58-56-,64-62-,70-68-. The smallest absolute Gasteiger partial charge is 0.462 e. The van der Waals surface area contributed by atoms with Gasteiger partial charge in [0, 0.05) is 19.4 Å². The van der Waals surface area contributed by atoms with Crippen molar-refractivity contribution in [1.82, 2.24) is 0 Å². The van der Waals surface area contributed by atoms with Crippen molar-refractivity contribution in [3.05, 3.63) is 122 Å². The van der Waals surface area contributed by atoms with Gasteiger partial charge in [0.15, 0.2) is 6.10 Å². The van der Waals surface area contributed by atoms with Gasteiger partial charge in [0.1, 0.15) is 6.61 Å². The molecular weight excluding hydrogens is 1190 g/mol. The number of hydrogen-bond donors (Lipinski definition) is 2. The van der Waals surface area contributed by atoms with Gasteiger partial charge in [-0.3, -0.25) is 18.6 Å². The van der Waals surface area contributed by atoms with Crippen LogP contribution in [0.4, 0.5) is 0 Å². The molecule has 0 saturated carbocycles. The summed E-state index contributed by atoms with van der Waals surface area (Å²) < 4.78 is 33.2. The summed E-state index contributed by atoms with van der Waals surface area (Å²) in [5.41, 5.74) is 5.41. The second-order valence-electron chi connectivity index (χ2n) is 26.6. The molecule has 0 aliphatic heterocycles. The summed E-state index contributed by atoms with van der Waals surface area (Å²) in [6, 6.07) is 0. The number of phosphoric acid groups is 1. The minimum atomic E-state index is -4.42. The fourth-order valence-electron chi connectivity index (χ4n) is 11.5. The molecule has 0 aromatic carbocycles. The third-order valence-corrected chi connectivity index (χ3v) is 18.3. The van der Waals surface area contributed by atoms with Gasteiger partial charge < -0.3 is 20.1 Å². The van der Waals surface area contributed by atoms with Gasteiger partial charge >= 0.3 is 19.8 Å². The van der Waals surface area contributed by atoms with Gasteiger partial charge in [0.25, 0.3) is 0 Å². The zero-order chi connectivity index (χ0) is 68.6. The Morgan fingerprint density at radius 1 is 0.326 bits per heavy atom. The van der Waals surface area contributed by atoms with Crippen LogP contribution in [-0.4, -0.2) is 49.3 Å². The normalized spacial score (nSPS) is 13.5. The topological polar surface area (TPSA) is 134 Å². The van der Waals surface area contributed by atoms with Crippen LogP contribution in [0, 0.1) is 0 Å². The molecule has 0 aromatic heterocycles. The Bertz CT molecular complexity index is 1980. The number of ether oxygens (including phenoxy) is 2. The molecule has 0 fully saturated rings.